The van der Waals surface area contributed by atoms with E-state index in [-0.39, 0.29) is 12.0 Å². The molecule has 6 nitrogen and oxygen atoms in total. The molecule has 0 saturated heterocycles. The number of nitrogens with one attached hydrogen (secondary N) is 1. The molecule has 4 rings (SSSR count). The average Bonchev–Trinajstić information content (AvgIpc) is 3.25. The fourth-order valence-electron chi connectivity index (χ4n) is 3.62. The molecule has 1 aliphatic heterocycles. The van der Waals surface area contributed by atoms with Crippen LogP contribution in [0.2, 0.25) is 5.02 Å². The summed E-state index contributed by atoms with van der Waals surface area (Å²) in [4.78, 5) is 16.1. The quantitative estimate of drug-likeness (QED) is 0.535. The predicted octanol–water partition coefficient (Wildman–Crippen LogP) is 4.55. The number of halogens is 1. The molecule has 0 saturated carbocycles. The molecule has 2 heterocycles. The Bertz CT molecular complexity index is 1150. The largest absolute Gasteiger partial charge is 0.497 e. The van der Waals surface area contributed by atoms with Crippen molar-refractivity contribution in [3.8, 4) is 28.4 Å². The van der Waals surface area contributed by atoms with E-state index in [0.717, 1.165) is 33.8 Å². The van der Waals surface area contributed by atoms with E-state index in [2.05, 4.69) is 10.3 Å². The maximum atomic E-state index is 12.2. The van der Waals surface area contributed by atoms with Crippen LogP contribution >= 0.6 is 11.6 Å². The molecule has 0 fully saturated rings. The van der Waals surface area contributed by atoms with Gasteiger partial charge in [0, 0.05) is 36.0 Å². The minimum Gasteiger partial charge on any atom is -0.497 e. The number of hydrogen-bond donors (Lipinski definition) is 1. The summed E-state index contributed by atoms with van der Waals surface area (Å²) in [5, 5.41) is 3.40. The lowest BCUT2D eigenvalue weighted by atomic mass is 9.99. The maximum absolute atomic E-state index is 12.2. The van der Waals surface area contributed by atoms with Crippen LogP contribution < -0.4 is 19.5 Å². The van der Waals surface area contributed by atoms with Crippen LogP contribution in [-0.2, 0) is 11.2 Å². The van der Waals surface area contributed by atoms with E-state index in [0.29, 0.717) is 23.7 Å². The molecule has 164 valence electrons. The zero-order valence-corrected chi connectivity index (χ0v) is 18.6. The number of benzene rings is 2. The van der Waals surface area contributed by atoms with E-state index in [9.17, 15) is 4.79 Å². The summed E-state index contributed by atoms with van der Waals surface area (Å²) in [5.74, 6) is 1.93. The Morgan fingerprint density at radius 2 is 2.00 bits per heavy atom. The van der Waals surface area contributed by atoms with Crippen LogP contribution in [0, 0.1) is 0 Å². The number of nitrogens with zero attached hydrogens (tertiary/aromatic N) is 1. The van der Waals surface area contributed by atoms with E-state index in [1.807, 2.05) is 42.5 Å². The first-order valence-corrected chi connectivity index (χ1v) is 10.5. The number of hydrogen-bond acceptors (Lipinski definition) is 5. The molecule has 2 aromatic carbocycles. The van der Waals surface area contributed by atoms with Gasteiger partial charge < -0.3 is 19.5 Å². The van der Waals surface area contributed by atoms with Crippen molar-refractivity contribution in [1.82, 2.24) is 10.3 Å². The van der Waals surface area contributed by atoms with Gasteiger partial charge >= 0.3 is 0 Å². The number of rotatable bonds is 7. The van der Waals surface area contributed by atoms with Gasteiger partial charge in [-0.25, -0.2) is 0 Å². The van der Waals surface area contributed by atoms with Crippen molar-refractivity contribution >= 4 is 23.6 Å². The summed E-state index contributed by atoms with van der Waals surface area (Å²) >= 11 is 6.54. The van der Waals surface area contributed by atoms with Crippen molar-refractivity contribution in [2.24, 2.45) is 0 Å². The molecule has 3 aromatic rings. The second kappa shape index (κ2) is 9.75. The van der Waals surface area contributed by atoms with Gasteiger partial charge in [-0.1, -0.05) is 11.6 Å². The third kappa shape index (κ3) is 4.86. The molecule has 0 aliphatic carbocycles. The molecule has 32 heavy (non-hydrogen) atoms. The summed E-state index contributed by atoms with van der Waals surface area (Å²) < 4.78 is 16.9. The minimum absolute atomic E-state index is 0.186. The highest BCUT2D eigenvalue weighted by Gasteiger charge is 2.26. The number of ether oxygens (including phenoxy) is 3. The highest BCUT2D eigenvalue weighted by molar-refractivity contribution is 6.32. The summed E-state index contributed by atoms with van der Waals surface area (Å²) in [7, 11) is 3.26. The Kier molecular flexibility index (Phi) is 6.61. The predicted molar refractivity (Wildman–Crippen MR) is 124 cm³/mol. The van der Waals surface area contributed by atoms with Crippen LogP contribution in [0.5, 0.6) is 17.2 Å². The van der Waals surface area contributed by atoms with Crippen molar-refractivity contribution in [3.63, 3.8) is 0 Å². The van der Waals surface area contributed by atoms with E-state index in [4.69, 9.17) is 25.8 Å². The van der Waals surface area contributed by atoms with Crippen LogP contribution in [0.15, 0.2) is 60.9 Å². The molecule has 0 bridgehead atoms. The van der Waals surface area contributed by atoms with Gasteiger partial charge in [0.25, 0.3) is 0 Å². The van der Waals surface area contributed by atoms with Gasteiger partial charge in [0.05, 0.1) is 25.8 Å². The fraction of sp³-hybridized carbons (Fsp3) is 0.200. The third-order valence-corrected chi connectivity index (χ3v) is 5.49. The number of carbonyl (C=O) groups excluding carboxylic acids is 1. The van der Waals surface area contributed by atoms with Crippen LogP contribution in [-0.4, -0.2) is 37.8 Å². The summed E-state index contributed by atoms with van der Waals surface area (Å²) in [6, 6.07) is 13.2. The molecule has 1 unspecified atom stereocenters. The number of aromatic nitrogens is 1. The van der Waals surface area contributed by atoms with Crippen LogP contribution in [0.4, 0.5) is 0 Å². The molecule has 1 aliphatic rings. The second-order valence-electron chi connectivity index (χ2n) is 7.32. The Labute approximate surface area is 191 Å². The van der Waals surface area contributed by atoms with Crippen molar-refractivity contribution in [1.29, 1.82) is 0 Å². The summed E-state index contributed by atoms with van der Waals surface area (Å²) in [6.45, 7) is 0.377. The number of amides is 1. The van der Waals surface area contributed by atoms with Crippen LogP contribution in [0.25, 0.3) is 17.2 Å². The number of methoxy groups -OCH3 is 2. The van der Waals surface area contributed by atoms with Crippen molar-refractivity contribution in [3.05, 3.63) is 77.1 Å². The molecule has 1 atom stereocenters. The molecule has 1 amide bonds. The SMILES string of the molecule is COc1ccc(OC)c(-c2cc(Cl)c3c(c2)CC(CNC(=O)/C=C/c2ccncc2)O3)c1. The third-order valence-electron chi connectivity index (χ3n) is 5.21. The lowest BCUT2D eigenvalue weighted by Crippen LogP contribution is -2.33. The van der Waals surface area contributed by atoms with Gasteiger partial charge in [-0.2, -0.15) is 0 Å². The van der Waals surface area contributed by atoms with Gasteiger partial charge in [0.15, 0.2) is 0 Å². The Morgan fingerprint density at radius 1 is 1.19 bits per heavy atom. The molecule has 0 spiro atoms. The Balaban J connectivity index is 1.45. The molecular formula is C25H23ClN2O4. The first-order valence-electron chi connectivity index (χ1n) is 10.1. The minimum atomic E-state index is -0.191. The van der Waals surface area contributed by atoms with E-state index >= 15 is 0 Å². The zero-order valence-electron chi connectivity index (χ0n) is 17.8. The lowest BCUT2D eigenvalue weighted by Gasteiger charge is -2.13. The standard InChI is InChI=1S/C25H23ClN2O4/c1-30-19-4-5-23(31-2)21(14-19)17-11-18-12-20(32-25(18)22(26)13-17)15-28-24(29)6-3-16-7-9-27-10-8-16/h3-11,13-14,20H,12,15H2,1-2H3,(H,28,29)/b6-3+. The Morgan fingerprint density at radius 3 is 2.75 bits per heavy atom. The lowest BCUT2D eigenvalue weighted by molar-refractivity contribution is -0.116. The van der Waals surface area contributed by atoms with Crippen molar-refractivity contribution in [2.45, 2.75) is 12.5 Å². The summed E-state index contributed by atoms with van der Waals surface area (Å²) in [6.07, 6.45) is 7.05. The first-order chi connectivity index (χ1) is 15.6. The summed E-state index contributed by atoms with van der Waals surface area (Å²) in [5.41, 5.74) is 3.70. The van der Waals surface area contributed by atoms with E-state index in [1.54, 1.807) is 32.7 Å². The second-order valence-corrected chi connectivity index (χ2v) is 7.72. The van der Waals surface area contributed by atoms with Crippen LogP contribution in [0.1, 0.15) is 11.1 Å². The molecular weight excluding hydrogens is 428 g/mol. The molecule has 0 radical (unpaired) electrons. The molecule has 1 aromatic heterocycles. The number of carbonyl (C=O) groups is 1. The van der Waals surface area contributed by atoms with E-state index < -0.39 is 0 Å². The topological polar surface area (TPSA) is 69.7 Å². The van der Waals surface area contributed by atoms with Gasteiger partial charge in [-0.15, -0.1) is 0 Å². The first kappa shape index (κ1) is 21.7. The van der Waals surface area contributed by atoms with Gasteiger partial charge in [0.1, 0.15) is 23.4 Å². The van der Waals surface area contributed by atoms with Gasteiger partial charge in [0.2, 0.25) is 5.91 Å². The highest BCUT2D eigenvalue weighted by Crippen LogP contribution is 2.42. The highest BCUT2D eigenvalue weighted by atomic mass is 35.5. The fourth-order valence-corrected chi connectivity index (χ4v) is 3.90. The van der Waals surface area contributed by atoms with E-state index in [1.165, 1.54) is 6.08 Å². The normalized spacial score (nSPS) is 14.7. The smallest absolute Gasteiger partial charge is 0.244 e. The van der Waals surface area contributed by atoms with Crippen LogP contribution in [0.3, 0.4) is 0 Å². The van der Waals surface area contributed by atoms with Crippen molar-refractivity contribution < 1.29 is 19.0 Å². The monoisotopic (exact) mass is 450 g/mol. The number of pyridine rings is 1. The van der Waals surface area contributed by atoms with Gasteiger partial charge in [-0.05, 0) is 59.7 Å². The maximum Gasteiger partial charge on any atom is 0.244 e. The zero-order chi connectivity index (χ0) is 22.5. The molecule has 1 N–H and O–H groups in total. The number of fused-ring (bicyclic) bond motifs is 1. The average molecular weight is 451 g/mol. The van der Waals surface area contributed by atoms with Gasteiger partial charge in [-0.3, -0.25) is 9.78 Å². The molecule has 7 heteroatoms. The van der Waals surface area contributed by atoms with Crippen molar-refractivity contribution in [2.75, 3.05) is 20.8 Å². The Hall–Kier alpha value is -3.51.